The second-order valence-electron chi connectivity index (χ2n) is 7.10. The van der Waals surface area contributed by atoms with Gasteiger partial charge in [0.05, 0.1) is 24.5 Å². The van der Waals surface area contributed by atoms with Crippen molar-refractivity contribution in [2.75, 3.05) is 13.7 Å². The Morgan fingerprint density at radius 3 is 2.41 bits per heavy atom. The van der Waals surface area contributed by atoms with Crippen LogP contribution in [0.4, 0.5) is 0 Å². The van der Waals surface area contributed by atoms with Gasteiger partial charge >= 0.3 is 0 Å². The first-order valence-electron chi connectivity index (χ1n) is 10.2. The summed E-state index contributed by atoms with van der Waals surface area (Å²) < 4.78 is 8.01. The van der Waals surface area contributed by atoms with Gasteiger partial charge in [0.15, 0.2) is 0 Å². The number of nitrogens with one attached hydrogen (secondary N) is 1. The molecule has 0 saturated carbocycles. The zero-order valence-electron chi connectivity index (χ0n) is 17.6. The normalized spacial score (nSPS) is 10.8. The lowest BCUT2D eigenvalue weighted by molar-refractivity contribution is 0.0942. The fourth-order valence-corrected chi connectivity index (χ4v) is 3.27. The van der Waals surface area contributed by atoms with Gasteiger partial charge in [-0.15, -0.1) is 0 Å². The molecule has 0 aliphatic carbocycles. The van der Waals surface area contributed by atoms with E-state index >= 15 is 0 Å². The zero-order valence-corrected chi connectivity index (χ0v) is 17.6. The predicted molar refractivity (Wildman–Crippen MR) is 121 cm³/mol. The highest BCUT2D eigenvalue weighted by Crippen LogP contribution is 2.23. The van der Waals surface area contributed by atoms with Crippen LogP contribution in [-0.2, 0) is 17.8 Å². The first-order valence-corrected chi connectivity index (χ1v) is 10.2. The number of ether oxygens (including phenoxy) is 1. The van der Waals surface area contributed by atoms with Crippen molar-refractivity contribution in [3.8, 4) is 16.9 Å². The molecule has 0 fully saturated rings. The minimum absolute atomic E-state index is 0.164. The highest BCUT2D eigenvalue weighted by Gasteiger charge is 2.15. The lowest BCUT2D eigenvalue weighted by Gasteiger charge is -2.08. The number of amides is 1. The third kappa shape index (κ3) is 4.81. The molecule has 4 rings (SSSR count). The smallest absolute Gasteiger partial charge is 0.271 e. The first-order chi connectivity index (χ1) is 15.7. The monoisotopic (exact) mass is 429 g/mol. The number of carbonyl (C=O) groups excluding carboxylic acids is 1. The van der Waals surface area contributed by atoms with E-state index in [2.05, 4.69) is 10.4 Å². The van der Waals surface area contributed by atoms with Gasteiger partial charge in [-0.25, -0.2) is 9.36 Å². The summed E-state index contributed by atoms with van der Waals surface area (Å²) in [6.07, 6.45) is 1.91. The fraction of sp³-hybridized carbons (Fsp3) is 0.167. The van der Waals surface area contributed by atoms with E-state index in [1.165, 1.54) is 16.8 Å². The Labute approximate surface area is 185 Å². The number of rotatable bonds is 8. The highest BCUT2D eigenvalue weighted by atomic mass is 16.5. The van der Waals surface area contributed by atoms with Gasteiger partial charge in [0, 0.05) is 37.0 Å². The summed E-state index contributed by atoms with van der Waals surface area (Å²) in [6, 6.07) is 22.4. The van der Waals surface area contributed by atoms with E-state index < -0.39 is 0 Å². The van der Waals surface area contributed by atoms with Crippen molar-refractivity contribution in [3.05, 3.63) is 101 Å². The van der Waals surface area contributed by atoms with Crippen LogP contribution in [0.25, 0.3) is 16.9 Å². The second kappa shape index (κ2) is 9.84. The molecule has 2 heterocycles. The van der Waals surface area contributed by atoms with Gasteiger partial charge in [0.25, 0.3) is 11.5 Å². The number of hydrogen-bond acceptors (Lipinski definition) is 5. The van der Waals surface area contributed by atoms with Crippen LogP contribution in [0.2, 0.25) is 0 Å². The maximum atomic E-state index is 12.7. The maximum absolute atomic E-state index is 12.7. The summed E-state index contributed by atoms with van der Waals surface area (Å²) in [4.78, 5) is 24.7. The third-order valence-electron chi connectivity index (χ3n) is 4.90. The largest absolute Gasteiger partial charge is 0.383 e. The average molecular weight is 429 g/mol. The van der Waals surface area contributed by atoms with Crippen LogP contribution in [0, 0.1) is 0 Å². The molecule has 0 unspecified atom stereocenters. The topological polar surface area (TPSA) is 91.0 Å². The Hall–Kier alpha value is -4.04. The number of methoxy groups -OCH3 is 1. The van der Waals surface area contributed by atoms with E-state index in [1.54, 1.807) is 11.8 Å². The van der Waals surface area contributed by atoms with E-state index in [4.69, 9.17) is 9.84 Å². The van der Waals surface area contributed by atoms with Crippen molar-refractivity contribution in [1.29, 1.82) is 0 Å². The number of benzene rings is 2. The van der Waals surface area contributed by atoms with Crippen LogP contribution in [-0.4, -0.2) is 39.2 Å². The van der Waals surface area contributed by atoms with Gasteiger partial charge in [-0.3, -0.25) is 9.59 Å². The van der Waals surface area contributed by atoms with Crippen molar-refractivity contribution >= 4 is 5.91 Å². The maximum Gasteiger partial charge on any atom is 0.271 e. The summed E-state index contributed by atoms with van der Waals surface area (Å²) in [7, 11) is 1.54. The molecule has 0 radical (unpaired) electrons. The molecule has 0 spiro atoms. The van der Waals surface area contributed by atoms with Crippen LogP contribution in [0.15, 0.2) is 83.8 Å². The molecular weight excluding hydrogens is 406 g/mol. The SMILES string of the molecule is COCCn1nc(C(=O)NCc2cn(-c3ccccc3)nc2-c2ccccc2)ccc1=O. The standard InChI is InChI=1S/C24H23N5O3/c1-32-15-14-28-22(30)13-12-21(26-28)24(31)25-16-19-17-29(20-10-6-3-7-11-20)27-23(19)18-8-4-2-5-9-18/h2-13,17H,14-16H2,1H3,(H,25,31). The van der Waals surface area contributed by atoms with Crippen molar-refractivity contribution in [3.63, 3.8) is 0 Å². The van der Waals surface area contributed by atoms with Gasteiger partial charge in [0.1, 0.15) is 5.69 Å². The quantitative estimate of drug-likeness (QED) is 0.465. The van der Waals surface area contributed by atoms with E-state index in [0.717, 1.165) is 22.5 Å². The van der Waals surface area contributed by atoms with E-state index in [1.807, 2.05) is 66.9 Å². The van der Waals surface area contributed by atoms with Crippen molar-refractivity contribution in [1.82, 2.24) is 24.9 Å². The van der Waals surface area contributed by atoms with E-state index in [0.29, 0.717) is 6.61 Å². The molecule has 8 nitrogen and oxygen atoms in total. The minimum Gasteiger partial charge on any atom is -0.383 e. The van der Waals surface area contributed by atoms with E-state index in [9.17, 15) is 9.59 Å². The highest BCUT2D eigenvalue weighted by molar-refractivity contribution is 5.92. The molecule has 32 heavy (non-hydrogen) atoms. The lowest BCUT2D eigenvalue weighted by atomic mass is 10.1. The minimum atomic E-state index is -0.373. The first kappa shape index (κ1) is 21.2. The van der Waals surface area contributed by atoms with Crippen LogP contribution in [0.1, 0.15) is 16.1 Å². The summed E-state index contributed by atoms with van der Waals surface area (Å²) >= 11 is 0. The van der Waals surface area contributed by atoms with Gasteiger partial charge in [-0.05, 0) is 18.2 Å². The van der Waals surface area contributed by atoms with Gasteiger partial charge < -0.3 is 10.1 Å². The lowest BCUT2D eigenvalue weighted by Crippen LogP contribution is -2.30. The van der Waals surface area contributed by atoms with Crippen LogP contribution < -0.4 is 10.9 Å². The molecule has 0 saturated heterocycles. The Balaban J connectivity index is 1.58. The predicted octanol–water partition coefficient (Wildman–Crippen LogP) is 2.67. The second-order valence-corrected chi connectivity index (χ2v) is 7.10. The average Bonchev–Trinajstić information content (AvgIpc) is 3.27. The van der Waals surface area contributed by atoms with E-state index in [-0.39, 0.29) is 30.2 Å². The summed E-state index contributed by atoms with van der Waals surface area (Å²) in [5, 5.41) is 11.8. The molecule has 0 aliphatic rings. The Bertz CT molecular complexity index is 1250. The van der Waals surface area contributed by atoms with Gasteiger partial charge in [-0.2, -0.15) is 10.2 Å². The third-order valence-corrected chi connectivity index (χ3v) is 4.90. The molecule has 8 heteroatoms. The molecule has 1 N–H and O–H groups in total. The number of carbonyl (C=O) groups is 1. The number of aromatic nitrogens is 4. The fourth-order valence-electron chi connectivity index (χ4n) is 3.27. The summed E-state index contributed by atoms with van der Waals surface area (Å²) in [5.74, 6) is -0.373. The molecule has 4 aromatic rings. The zero-order chi connectivity index (χ0) is 22.3. The molecular formula is C24H23N5O3. The Morgan fingerprint density at radius 2 is 1.69 bits per heavy atom. The van der Waals surface area contributed by atoms with Crippen molar-refractivity contribution < 1.29 is 9.53 Å². The summed E-state index contributed by atoms with van der Waals surface area (Å²) in [6.45, 7) is 0.865. The summed E-state index contributed by atoms with van der Waals surface area (Å²) in [5.41, 5.74) is 3.41. The molecule has 0 atom stereocenters. The molecule has 2 aromatic carbocycles. The van der Waals surface area contributed by atoms with Crippen molar-refractivity contribution in [2.45, 2.75) is 13.1 Å². The van der Waals surface area contributed by atoms with Crippen LogP contribution >= 0.6 is 0 Å². The van der Waals surface area contributed by atoms with Crippen molar-refractivity contribution in [2.24, 2.45) is 0 Å². The molecule has 0 aliphatic heterocycles. The van der Waals surface area contributed by atoms with Gasteiger partial charge in [0.2, 0.25) is 0 Å². The molecule has 0 bridgehead atoms. The Morgan fingerprint density at radius 1 is 0.969 bits per heavy atom. The Kier molecular flexibility index (Phi) is 6.52. The molecule has 162 valence electrons. The van der Waals surface area contributed by atoms with Crippen LogP contribution in [0.5, 0.6) is 0 Å². The molecule has 1 amide bonds. The number of nitrogens with zero attached hydrogens (tertiary/aromatic N) is 4. The number of hydrogen-bond donors (Lipinski definition) is 1. The number of para-hydroxylation sites is 1. The molecule has 2 aromatic heterocycles. The van der Waals surface area contributed by atoms with Gasteiger partial charge in [-0.1, -0.05) is 48.5 Å². The van der Waals surface area contributed by atoms with Crippen LogP contribution in [0.3, 0.4) is 0 Å².